The third-order valence-corrected chi connectivity index (χ3v) is 5.41. The highest BCUT2D eigenvalue weighted by Gasteiger charge is 2.32. The Bertz CT molecular complexity index is 854. The van der Waals surface area contributed by atoms with Gasteiger partial charge in [0.15, 0.2) is 0 Å². The van der Waals surface area contributed by atoms with Gasteiger partial charge in [0.25, 0.3) is 0 Å². The van der Waals surface area contributed by atoms with Crippen molar-refractivity contribution >= 4 is 17.9 Å². The van der Waals surface area contributed by atoms with E-state index in [1.165, 1.54) is 0 Å². The average molecular weight is 486 g/mol. The minimum Gasteiger partial charge on any atom is -0.444 e. The minimum atomic E-state index is -0.890. The number of benzene rings is 1. The second-order valence-corrected chi connectivity index (χ2v) is 9.64. The first-order chi connectivity index (χ1) is 16.6. The van der Waals surface area contributed by atoms with Crippen LogP contribution in [0.25, 0.3) is 0 Å². The Balaban J connectivity index is 3.22. The van der Waals surface area contributed by atoms with Crippen LogP contribution in [0.15, 0.2) is 24.3 Å². The van der Waals surface area contributed by atoms with Crippen LogP contribution in [0.3, 0.4) is 0 Å². The molecule has 0 bridgehead atoms. The number of alkyl carbamates (subject to hydrolysis) is 1. The number of carbonyl (C=O) groups excluding carboxylic acids is 3. The number of hydrogen-bond donors (Lipinski definition) is 2. The van der Waals surface area contributed by atoms with Gasteiger partial charge in [-0.05, 0) is 45.2 Å². The van der Waals surface area contributed by atoms with Crippen molar-refractivity contribution in [3.63, 3.8) is 0 Å². The zero-order valence-electron chi connectivity index (χ0n) is 22.1. The highest BCUT2D eigenvalue weighted by molar-refractivity contribution is 5.91. The van der Waals surface area contributed by atoms with Crippen LogP contribution in [0, 0.1) is 12.3 Å². The van der Waals surface area contributed by atoms with Gasteiger partial charge in [-0.2, -0.15) is 0 Å². The summed E-state index contributed by atoms with van der Waals surface area (Å²) in [7, 11) is 0. The predicted octanol–water partition coefficient (Wildman–Crippen LogP) is 4.95. The lowest BCUT2D eigenvalue weighted by atomic mass is 9.97. The van der Waals surface area contributed by atoms with Crippen LogP contribution < -0.4 is 10.6 Å². The molecule has 7 heteroatoms. The maximum absolute atomic E-state index is 13.4. The van der Waals surface area contributed by atoms with Gasteiger partial charge in [0, 0.05) is 18.7 Å². The van der Waals surface area contributed by atoms with Crippen LogP contribution >= 0.6 is 0 Å². The van der Waals surface area contributed by atoms with Crippen LogP contribution in [0.1, 0.15) is 96.7 Å². The zero-order chi connectivity index (χ0) is 26.3. The molecule has 0 saturated heterocycles. The van der Waals surface area contributed by atoms with Gasteiger partial charge in [-0.1, -0.05) is 70.1 Å². The summed E-state index contributed by atoms with van der Waals surface area (Å²) in [4.78, 5) is 40.5. The Morgan fingerprint density at radius 1 is 1.00 bits per heavy atom. The summed E-state index contributed by atoms with van der Waals surface area (Å²) in [5.41, 5.74) is 0.483. The molecule has 3 amide bonds. The molecule has 2 N–H and O–H groups in total. The van der Waals surface area contributed by atoms with Gasteiger partial charge < -0.3 is 20.3 Å². The summed E-state index contributed by atoms with van der Waals surface area (Å²) in [6.45, 7) is 10.1. The van der Waals surface area contributed by atoms with Crippen LogP contribution in [-0.2, 0) is 14.3 Å². The van der Waals surface area contributed by atoms with Crippen molar-refractivity contribution in [3.05, 3.63) is 35.4 Å². The first-order valence-electron chi connectivity index (χ1n) is 12.7. The summed E-state index contributed by atoms with van der Waals surface area (Å²) in [5, 5.41) is 5.52. The predicted molar refractivity (Wildman–Crippen MR) is 140 cm³/mol. The quantitative estimate of drug-likeness (QED) is 0.288. The molecule has 1 unspecified atom stereocenters. The van der Waals surface area contributed by atoms with Crippen LogP contribution in [0.2, 0.25) is 0 Å². The van der Waals surface area contributed by atoms with Gasteiger partial charge in [-0.15, -0.1) is 6.42 Å². The molecule has 7 nitrogen and oxygen atoms in total. The van der Waals surface area contributed by atoms with E-state index in [9.17, 15) is 14.4 Å². The molecule has 1 atom stereocenters. The van der Waals surface area contributed by atoms with Crippen LogP contribution in [-0.4, -0.2) is 48.0 Å². The molecule has 0 aliphatic rings. The molecule has 35 heavy (non-hydrogen) atoms. The first kappa shape index (κ1) is 30.0. The monoisotopic (exact) mass is 485 g/mol. The molecule has 1 aromatic carbocycles. The Morgan fingerprint density at radius 2 is 1.66 bits per heavy atom. The van der Waals surface area contributed by atoms with Gasteiger partial charge >= 0.3 is 6.09 Å². The van der Waals surface area contributed by atoms with Gasteiger partial charge in [0.05, 0.1) is 0 Å². The molecular weight excluding hydrogens is 442 g/mol. The Morgan fingerprint density at radius 3 is 2.29 bits per heavy atom. The van der Waals surface area contributed by atoms with Gasteiger partial charge in [0.2, 0.25) is 11.8 Å². The molecule has 0 aliphatic heterocycles. The Labute approximate surface area is 211 Å². The van der Waals surface area contributed by atoms with E-state index in [-0.39, 0.29) is 18.4 Å². The molecule has 0 aliphatic carbocycles. The molecule has 0 spiro atoms. The maximum atomic E-state index is 13.4. The zero-order valence-corrected chi connectivity index (χ0v) is 22.1. The number of rotatable bonds is 14. The van der Waals surface area contributed by atoms with E-state index in [0.29, 0.717) is 24.2 Å². The van der Waals surface area contributed by atoms with Crippen molar-refractivity contribution < 1.29 is 19.1 Å². The molecular formula is C28H43N3O4. The lowest BCUT2D eigenvalue weighted by Crippen LogP contribution is -2.48. The van der Waals surface area contributed by atoms with E-state index in [2.05, 4.69) is 30.4 Å². The molecule has 0 saturated carbocycles. The molecule has 0 aromatic heterocycles. The Kier molecular flexibility index (Phi) is 13.6. The summed E-state index contributed by atoms with van der Waals surface area (Å²) in [5.74, 6) is 2.00. The smallest absolute Gasteiger partial charge is 0.408 e. The topological polar surface area (TPSA) is 87.7 Å². The standard InChI is InChI=1S/C28H43N3O4/c1-7-10-12-16-20-31(24(32)21-30-27(34)35-28(4,5)6)25(26(33)29-19-15-11-8-2)23-18-14-13-17-22(23)9-3/h3,13-14,17-18,25H,7-8,10-12,15-16,19-21H2,1-2,4-6H3,(H,29,33)(H,30,34). The summed E-state index contributed by atoms with van der Waals surface area (Å²) >= 11 is 0. The highest BCUT2D eigenvalue weighted by atomic mass is 16.6. The van der Waals surface area contributed by atoms with E-state index in [1.54, 1.807) is 37.8 Å². The van der Waals surface area contributed by atoms with Crippen molar-refractivity contribution in [2.24, 2.45) is 0 Å². The number of terminal acetylenes is 1. The summed E-state index contributed by atoms with van der Waals surface area (Å²) in [6.07, 6.45) is 11.7. The highest BCUT2D eigenvalue weighted by Crippen LogP contribution is 2.25. The number of hydrogen-bond acceptors (Lipinski definition) is 4. The van der Waals surface area contributed by atoms with Crippen molar-refractivity contribution in [2.45, 2.75) is 91.2 Å². The lowest BCUT2D eigenvalue weighted by Gasteiger charge is -2.32. The van der Waals surface area contributed by atoms with Crippen molar-refractivity contribution in [3.8, 4) is 12.3 Å². The third-order valence-electron chi connectivity index (χ3n) is 5.41. The second kappa shape index (κ2) is 15.8. The molecule has 0 fully saturated rings. The van der Waals surface area contributed by atoms with E-state index >= 15 is 0 Å². The lowest BCUT2D eigenvalue weighted by molar-refractivity contribution is -0.140. The van der Waals surface area contributed by atoms with E-state index in [0.717, 1.165) is 44.9 Å². The van der Waals surface area contributed by atoms with Gasteiger partial charge in [0.1, 0.15) is 18.2 Å². The third kappa shape index (κ3) is 11.3. The Hall–Kier alpha value is -3.01. The first-order valence-corrected chi connectivity index (χ1v) is 12.7. The normalized spacial score (nSPS) is 11.8. The summed E-state index contributed by atoms with van der Waals surface area (Å²) < 4.78 is 5.26. The molecule has 194 valence electrons. The number of unbranched alkanes of at least 4 members (excludes halogenated alkanes) is 5. The van der Waals surface area contributed by atoms with Crippen molar-refractivity contribution in [1.29, 1.82) is 0 Å². The molecule has 0 heterocycles. The molecule has 1 aromatic rings. The van der Waals surface area contributed by atoms with E-state index in [4.69, 9.17) is 11.2 Å². The van der Waals surface area contributed by atoms with Crippen LogP contribution in [0.5, 0.6) is 0 Å². The second-order valence-electron chi connectivity index (χ2n) is 9.64. The number of nitrogens with one attached hydrogen (secondary N) is 2. The van der Waals surface area contributed by atoms with Gasteiger partial charge in [-0.25, -0.2) is 4.79 Å². The average Bonchev–Trinajstić information content (AvgIpc) is 2.81. The number of carbonyl (C=O) groups is 3. The molecule has 1 rings (SSSR count). The fourth-order valence-electron chi connectivity index (χ4n) is 3.67. The fraction of sp³-hybridized carbons (Fsp3) is 0.607. The fourth-order valence-corrected chi connectivity index (χ4v) is 3.67. The summed E-state index contributed by atoms with van der Waals surface area (Å²) in [6, 6.07) is 6.29. The van der Waals surface area contributed by atoms with E-state index in [1.807, 2.05) is 12.1 Å². The minimum absolute atomic E-state index is 0.273. The molecule has 0 radical (unpaired) electrons. The van der Waals surface area contributed by atoms with Crippen molar-refractivity contribution in [2.75, 3.05) is 19.6 Å². The van der Waals surface area contributed by atoms with Crippen molar-refractivity contribution in [1.82, 2.24) is 15.5 Å². The van der Waals surface area contributed by atoms with Gasteiger partial charge in [-0.3, -0.25) is 9.59 Å². The largest absolute Gasteiger partial charge is 0.444 e. The SMILES string of the molecule is C#Cc1ccccc1C(C(=O)NCCCCC)N(CCCCCC)C(=O)CNC(=O)OC(C)(C)C. The number of ether oxygens (including phenoxy) is 1. The maximum Gasteiger partial charge on any atom is 0.408 e. The number of nitrogens with zero attached hydrogens (tertiary/aromatic N) is 1. The van der Waals surface area contributed by atoms with Crippen LogP contribution in [0.4, 0.5) is 4.79 Å². The van der Waals surface area contributed by atoms with E-state index < -0.39 is 17.7 Å². The number of amides is 3.